The number of oxazole rings is 1. The Kier molecular flexibility index (Phi) is 6.53. The predicted molar refractivity (Wildman–Crippen MR) is 137 cm³/mol. The van der Waals surface area contributed by atoms with Gasteiger partial charge in [-0.15, -0.1) is 0 Å². The van der Waals surface area contributed by atoms with Crippen molar-refractivity contribution in [1.29, 1.82) is 0 Å². The molecule has 0 spiro atoms. The van der Waals surface area contributed by atoms with E-state index in [0.717, 1.165) is 48.7 Å². The SMILES string of the molecule is Cc1cc(Cl)cc(C)c1-n1cc(-c2nc([C@H]3CCCCN3C)oc2-c2ccc(F)cc2F)ccc1=O. The molecule has 1 atom stereocenters. The summed E-state index contributed by atoms with van der Waals surface area (Å²) in [5.74, 6) is -0.737. The molecule has 0 N–H and O–H groups in total. The number of aryl methyl sites for hydroxylation is 2. The van der Waals surface area contributed by atoms with Crippen LogP contribution in [0.4, 0.5) is 8.78 Å². The molecule has 0 unspecified atom stereocenters. The normalized spacial score (nSPS) is 16.4. The van der Waals surface area contributed by atoms with Crippen LogP contribution in [-0.2, 0) is 0 Å². The number of nitrogens with zero attached hydrogens (tertiary/aromatic N) is 3. The zero-order valence-electron chi connectivity index (χ0n) is 20.3. The van der Waals surface area contributed by atoms with Crippen molar-refractivity contribution in [1.82, 2.24) is 14.5 Å². The van der Waals surface area contributed by atoms with Gasteiger partial charge in [0.2, 0.25) is 5.89 Å². The molecule has 3 heterocycles. The Labute approximate surface area is 213 Å². The molecular formula is C28H26ClF2N3O2. The number of pyridine rings is 1. The standard InChI is InChI=1S/C28H26ClF2N3O2/c1-16-12-19(29)13-17(2)26(16)34-15-18(7-10-24(34)35)25-27(21-9-8-20(30)14-22(21)31)36-28(32-25)23-6-4-5-11-33(23)3/h7-10,12-15,23H,4-6,11H2,1-3H3/t23-/m1/s1. The van der Waals surface area contributed by atoms with Crippen LogP contribution in [-0.4, -0.2) is 28.0 Å². The summed E-state index contributed by atoms with van der Waals surface area (Å²) in [6, 6.07) is 10.0. The van der Waals surface area contributed by atoms with Crippen LogP contribution in [0, 0.1) is 25.5 Å². The summed E-state index contributed by atoms with van der Waals surface area (Å²) >= 11 is 6.20. The van der Waals surface area contributed by atoms with Gasteiger partial charge in [-0.05, 0) is 81.7 Å². The highest BCUT2D eigenvalue weighted by Crippen LogP contribution is 2.39. The Balaban J connectivity index is 1.71. The average molecular weight is 510 g/mol. The Morgan fingerprint density at radius 2 is 1.81 bits per heavy atom. The van der Waals surface area contributed by atoms with E-state index in [2.05, 4.69) is 4.90 Å². The zero-order valence-corrected chi connectivity index (χ0v) is 21.1. The third-order valence-corrected chi connectivity index (χ3v) is 6.97. The molecule has 5 rings (SSSR count). The topological polar surface area (TPSA) is 51.3 Å². The third-order valence-electron chi connectivity index (χ3n) is 6.76. The van der Waals surface area contributed by atoms with Gasteiger partial charge in [-0.1, -0.05) is 18.0 Å². The Hall–Kier alpha value is -3.29. The van der Waals surface area contributed by atoms with Crippen molar-refractivity contribution >= 4 is 11.6 Å². The van der Waals surface area contributed by atoms with Gasteiger partial charge < -0.3 is 4.42 Å². The zero-order chi connectivity index (χ0) is 25.6. The van der Waals surface area contributed by atoms with E-state index in [4.69, 9.17) is 21.0 Å². The van der Waals surface area contributed by atoms with E-state index < -0.39 is 11.6 Å². The van der Waals surface area contributed by atoms with Crippen LogP contribution in [0.25, 0.3) is 28.3 Å². The summed E-state index contributed by atoms with van der Waals surface area (Å²) in [6.45, 7) is 4.68. The molecule has 0 radical (unpaired) electrons. The first-order chi connectivity index (χ1) is 17.2. The van der Waals surface area contributed by atoms with Crippen LogP contribution in [0.5, 0.6) is 0 Å². The Morgan fingerprint density at radius 1 is 1.06 bits per heavy atom. The number of likely N-dealkylation sites (tertiary alicyclic amines) is 1. The monoisotopic (exact) mass is 509 g/mol. The summed E-state index contributed by atoms with van der Waals surface area (Å²) in [5.41, 5.74) is 3.26. The second-order valence-corrected chi connectivity index (χ2v) is 9.80. The van der Waals surface area contributed by atoms with Gasteiger partial charge in [0.1, 0.15) is 17.3 Å². The summed E-state index contributed by atoms with van der Waals surface area (Å²) in [4.78, 5) is 19.9. The van der Waals surface area contributed by atoms with E-state index >= 15 is 0 Å². The highest BCUT2D eigenvalue weighted by Gasteiger charge is 2.29. The average Bonchev–Trinajstić information content (AvgIpc) is 3.25. The first kappa shape index (κ1) is 24.4. The first-order valence-corrected chi connectivity index (χ1v) is 12.3. The minimum atomic E-state index is -0.742. The molecule has 8 heteroatoms. The second-order valence-electron chi connectivity index (χ2n) is 9.36. The van der Waals surface area contributed by atoms with Gasteiger partial charge in [-0.2, -0.15) is 0 Å². The highest BCUT2D eigenvalue weighted by atomic mass is 35.5. The van der Waals surface area contributed by atoms with Crippen molar-refractivity contribution < 1.29 is 13.2 Å². The maximum atomic E-state index is 14.9. The molecule has 4 aromatic rings. The molecule has 186 valence electrons. The number of halogens is 3. The molecule has 36 heavy (non-hydrogen) atoms. The van der Waals surface area contributed by atoms with Crippen LogP contribution in [0.15, 0.2) is 57.9 Å². The van der Waals surface area contributed by atoms with Crippen molar-refractivity contribution in [3.05, 3.63) is 92.7 Å². The minimum Gasteiger partial charge on any atom is -0.438 e. The highest BCUT2D eigenvalue weighted by molar-refractivity contribution is 6.30. The predicted octanol–water partition coefficient (Wildman–Crippen LogP) is 6.86. The number of hydrogen-bond donors (Lipinski definition) is 0. The molecule has 0 saturated carbocycles. The molecule has 5 nitrogen and oxygen atoms in total. The van der Waals surface area contributed by atoms with E-state index in [1.165, 1.54) is 18.2 Å². The van der Waals surface area contributed by atoms with Crippen molar-refractivity contribution in [3.8, 4) is 28.3 Å². The molecule has 1 saturated heterocycles. The van der Waals surface area contributed by atoms with Gasteiger partial charge in [-0.3, -0.25) is 14.3 Å². The third kappa shape index (κ3) is 4.49. The van der Waals surface area contributed by atoms with Crippen molar-refractivity contribution in [2.75, 3.05) is 13.6 Å². The Bertz CT molecular complexity index is 1490. The fourth-order valence-electron chi connectivity index (χ4n) is 5.00. The van der Waals surface area contributed by atoms with E-state index in [1.54, 1.807) is 29.0 Å². The molecule has 1 fully saturated rings. The molecule has 2 aromatic heterocycles. The van der Waals surface area contributed by atoms with Gasteiger partial charge in [-0.25, -0.2) is 13.8 Å². The smallest absolute Gasteiger partial charge is 0.255 e. The summed E-state index contributed by atoms with van der Waals surface area (Å²) in [7, 11) is 2.01. The van der Waals surface area contributed by atoms with Crippen LogP contribution < -0.4 is 5.56 Å². The minimum absolute atomic E-state index is 0.0542. The van der Waals surface area contributed by atoms with Crippen LogP contribution >= 0.6 is 11.6 Å². The molecule has 0 amide bonds. The lowest BCUT2D eigenvalue weighted by atomic mass is 10.0. The molecule has 1 aliphatic heterocycles. The lowest BCUT2D eigenvalue weighted by Crippen LogP contribution is -2.29. The number of rotatable bonds is 4. The molecule has 1 aliphatic rings. The van der Waals surface area contributed by atoms with Gasteiger partial charge in [0.05, 0.1) is 17.3 Å². The molecule has 0 bridgehead atoms. The largest absolute Gasteiger partial charge is 0.438 e. The van der Waals surface area contributed by atoms with Gasteiger partial charge >= 0.3 is 0 Å². The lowest BCUT2D eigenvalue weighted by Gasteiger charge is -2.29. The Morgan fingerprint density at radius 3 is 2.50 bits per heavy atom. The maximum absolute atomic E-state index is 14.9. The van der Waals surface area contributed by atoms with Crippen LogP contribution in [0.2, 0.25) is 5.02 Å². The molecule has 0 aliphatic carbocycles. The lowest BCUT2D eigenvalue weighted by molar-refractivity contribution is 0.160. The summed E-state index contributed by atoms with van der Waals surface area (Å²) < 4.78 is 36.3. The quantitative estimate of drug-likeness (QED) is 0.301. The van der Waals surface area contributed by atoms with E-state index in [-0.39, 0.29) is 22.9 Å². The van der Waals surface area contributed by atoms with Crippen molar-refractivity contribution in [2.45, 2.75) is 39.2 Å². The van der Waals surface area contributed by atoms with E-state index in [0.29, 0.717) is 22.2 Å². The fraction of sp³-hybridized carbons (Fsp3) is 0.286. The van der Waals surface area contributed by atoms with Crippen LogP contribution in [0.1, 0.15) is 42.3 Å². The molecule has 2 aromatic carbocycles. The van der Waals surface area contributed by atoms with E-state index in [1.807, 2.05) is 20.9 Å². The fourth-order valence-corrected chi connectivity index (χ4v) is 5.33. The van der Waals surface area contributed by atoms with E-state index in [9.17, 15) is 13.6 Å². The second kappa shape index (κ2) is 9.64. The van der Waals surface area contributed by atoms with Gasteiger partial charge in [0.15, 0.2) is 5.76 Å². The van der Waals surface area contributed by atoms with Gasteiger partial charge in [0, 0.05) is 28.9 Å². The number of aromatic nitrogens is 2. The summed E-state index contributed by atoms with van der Waals surface area (Å²) in [5, 5.41) is 0.588. The van der Waals surface area contributed by atoms with Crippen molar-refractivity contribution in [2.24, 2.45) is 0 Å². The first-order valence-electron chi connectivity index (χ1n) is 11.9. The number of benzene rings is 2. The van der Waals surface area contributed by atoms with Gasteiger partial charge in [0.25, 0.3) is 5.56 Å². The molecular weight excluding hydrogens is 484 g/mol. The van der Waals surface area contributed by atoms with Crippen LogP contribution in [0.3, 0.4) is 0 Å². The summed E-state index contributed by atoms with van der Waals surface area (Å²) in [6.07, 6.45) is 4.67. The number of hydrogen-bond acceptors (Lipinski definition) is 4. The van der Waals surface area contributed by atoms with Crippen molar-refractivity contribution in [3.63, 3.8) is 0 Å². The maximum Gasteiger partial charge on any atom is 0.255 e. The number of piperidine rings is 1.